The normalized spacial score (nSPS) is 16.6. The van der Waals surface area contributed by atoms with Gasteiger partial charge in [-0.15, -0.1) is 0 Å². The first kappa shape index (κ1) is 20.3. The molecule has 0 N–H and O–H groups in total. The van der Waals surface area contributed by atoms with Crippen molar-refractivity contribution in [2.45, 2.75) is 12.7 Å². The number of fused-ring (bicyclic) bond motifs is 1. The Bertz CT molecular complexity index is 911. The maximum absolute atomic E-state index is 12.8. The van der Waals surface area contributed by atoms with E-state index in [1.165, 1.54) is 12.1 Å². The summed E-state index contributed by atoms with van der Waals surface area (Å²) in [6, 6.07) is 10.4. The van der Waals surface area contributed by atoms with Crippen LogP contribution in [0.5, 0.6) is 17.2 Å². The number of amides is 1. The summed E-state index contributed by atoms with van der Waals surface area (Å²) in [5.41, 5.74) is 0.302. The molecular weight excluding hydrogens is 401 g/mol. The van der Waals surface area contributed by atoms with Crippen LogP contribution >= 0.6 is 0 Å². The van der Waals surface area contributed by atoms with Crippen molar-refractivity contribution in [3.8, 4) is 17.2 Å². The van der Waals surface area contributed by atoms with Crippen LogP contribution < -0.4 is 14.2 Å². The van der Waals surface area contributed by atoms with Crippen molar-refractivity contribution < 1.29 is 32.2 Å². The molecular formula is C21H21F3N2O4. The van der Waals surface area contributed by atoms with Crippen molar-refractivity contribution >= 4 is 5.91 Å². The minimum atomic E-state index is -4.45. The molecule has 0 atom stereocenters. The Morgan fingerprint density at radius 3 is 2.53 bits per heavy atom. The lowest BCUT2D eigenvalue weighted by Crippen LogP contribution is -2.49. The number of benzene rings is 2. The second-order valence-corrected chi connectivity index (χ2v) is 7.16. The summed E-state index contributed by atoms with van der Waals surface area (Å²) in [6.07, 6.45) is -4.45. The van der Waals surface area contributed by atoms with Gasteiger partial charge in [0.2, 0.25) is 6.79 Å². The highest BCUT2D eigenvalue weighted by Gasteiger charge is 2.30. The Hall–Kier alpha value is -2.94. The summed E-state index contributed by atoms with van der Waals surface area (Å²) in [5, 5.41) is 0. The molecule has 160 valence electrons. The zero-order valence-electron chi connectivity index (χ0n) is 16.2. The van der Waals surface area contributed by atoms with Crippen LogP contribution in [0.3, 0.4) is 0 Å². The SMILES string of the molecule is O=C(COc1cccc(C(F)(F)F)c1)N1CCN(Cc2ccc3c(c2)OCO3)CC1. The summed E-state index contributed by atoms with van der Waals surface area (Å²) in [6.45, 7) is 3.16. The quantitative estimate of drug-likeness (QED) is 0.741. The molecule has 0 aliphatic carbocycles. The molecule has 0 bridgehead atoms. The first-order valence-electron chi connectivity index (χ1n) is 9.57. The first-order chi connectivity index (χ1) is 14.4. The third kappa shape index (κ3) is 4.79. The van der Waals surface area contributed by atoms with Gasteiger partial charge in [-0.1, -0.05) is 12.1 Å². The molecule has 1 fully saturated rings. The third-order valence-corrected chi connectivity index (χ3v) is 5.09. The summed E-state index contributed by atoms with van der Waals surface area (Å²) >= 11 is 0. The molecule has 1 amide bonds. The lowest BCUT2D eigenvalue weighted by Gasteiger charge is -2.34. The number of hydrogen-bond acceptors (Lipinski definition) is 5. The molecule has 6 nitrogen and oxygen atoms in total. The molecule has 2 heterocycles. The molecule has 2 aromatic carbocycles. The van der Waals surface area contributed by atoms with Crippen LogP contribution in [0, 0.1) is 0 Å². The number of ether oxygens (including phenoxy) is 3. The second-order valence-electron chi connectivity index (χ2n) is 7.16. The van der Waals surface area contributed by atoms with Crippen LogP contribution in [0.4, 0.5) is 13.2 Å². The Morgan fingerprint density at radius 1 is 1.00 bits per heavy atom. The van der Waals surface area contributed by atoms with Crippen molar-refractivity contribution in [2.75, 3.05) is 39.6 Å². The van der Waals surface area contributed by atoms with Gasteiger partial charge in [0, 0.05) is 32.7 Å². The Balaban J connectivity index is 1.24. The zero-order chi connectivity index (χ0) is 21.1. The zero-order valence-corrected chi connectivity index (χ0v) is 16.2. The van der Waals surface area contributed by atoms with Crippen LogP contribution in [-0.2, 0) is 17.5 Å². The fraction of sp³-hybridized carbons (Fsp3) is 0.381. The monoisotopic (exact) mass is 422 g/mol. The largest absolute Gasteiger partial charge is 0.484 e. The number of halogens is 3. The van der Waals surface area contributed by atoms with E-state index >= 15 is 0 Å². The lowest BCUT2D eigenvalue weighted by molar-refractivity contribution is -0.137. The maximum atomic E-state index is 12.8. The minimum absolute atomic E-state index is 0.0274. The number of hydrogen-bond donors (Lipinski definition) is 0. The fourth-order valence-corrected chi connectivity index (χ4v) is 3.45. The van der Waals surface area contributed by atoms with Crippen molar-refractivity contribution in [2.24, 2.45) is 0 Å². The predicted molar refractivity (Wildman–Crippen MR) is 101 cm³/mol. The van der Waals surface area contributed by atoms with Gasteiger partial charge in [0.1, 0.15) is 5.75 Å². The van der Waals surface area contributed by atoms with E-state index in [-0.39, 0.29) is 25.1 Å². The topological polar surface area (TPSA) is 51.2 Å². The van der Waals surface area contributed by atoms with Crippen molar-refractivity contribution in [3.05, 3.63) is 53.6 Å². The van der Waals surface area contributed by atoms with Gasteiger partial charge >= 0.3 is 6.18 Å². The Morgan fingerprint density at radius 2 is 1.77 bits per heavy atom. The van der Waals surface area contributed by atoms with E-state index in [1.54, 1.807) is 4.90 Å². The smallest absolute Gasteiger partial charge is 0.416 e. The van der Waals surface area contributed by atoms with Crippen molar-refractivity contribution in [1.29, 1.82) is 0 Å². The maximum Gasteiger partial charge on any atom is 0.416 e. The van der Waals surface area contributed by atoms with Crippen LogP contribution in [0.1, 0.15) is 11.1 Å². The van der Waals surface area contributed by atoms with Gasteiger partial charge in [-0.3, -0.25) is 9.69 Å². The number of piperazine rings is 1. The summed E-state index contributed by atoms with van der Waals surface area (Å²) in [4.78, 5) is 16.3. The van der Waals surface area contributed by atoms with E-state index in [2.05, 4.69) is 4.90 Å². The average molecular weight is 422 g/mol. The molecule has 9 heteroatoms. The molecule has 1 saturated heterocycles. The number of carbonyl (C=O) groups is 1. The van der Waals surface area contributed by atoms with Gasteiger partial charge in [-0.05, 0) is 35.9 Å². The highest BCUT2D eigenvalue weighted by atomic mass is 19.4. The lowest BCUT2D eigenvalue weighted by atomic mass is 10.1. The molecule has 2 aliphatic heterocycles. The standard InChI is InChI=1S/C21H21F3N2O4/c22-21(23,24)16-2-1-3-17(11-16)28-13-20(27)26-8-6-25(7-9-26)12-15-4-5-18-19(10-15)30-14-29-18/h1-5,10-11H,6-9,12-14H2. The van der Waals surface area contributed by atoms with Gasteiger partial charge in [-0.25, -0.2) is 0 Å². The van der Waals surface area contributed by atoms with E-state index in [1.807, 2.05) is 18.2 Å². The summed E-state index contributed by atoms with van der Waals surface area (Å²) < 4.78 is 54.3. The molecule has 0 aromatic heterocycles. The number of rotatable bonds is 5. The molecule has 0 radical (unpaired) electrons. The molecule has 30 heavy (non-hydrogen) atoms. The Kier molecular flexibility index (Phi) is 5.72. The molecule has 2 aromatic rings. The molecule has 2 aliphatic rings. The average Bonchev–Trinajstić information content (AvgIpc) is 3.20. The second kappa shape index (κ2) is 8.43. The number of nitrogens with zero attached hydrogens (tertiary/aromatic N) is 2. The minimum Gasteiger partial charge on any atom is -0.484 e. The Labute approximate surface area is 171 Å². The molecule has 4 rings (SSSR count). The van der Waals surface area contributed by atoms with E-state index in [4.69, 9.17) is 14.2 Å². The van der Waals surface area contributed by atoms with E-state index < -0.39 is 11.7 Å². The van der Waals surface area contributed by atoms with Crippen LogP contribution in [-0.4, -0.2) is 55.3 Å². The van der Waals surface area contributed by atoms with Gasteiger partial charge in [0.15, 0.2) is 18.1 Å². The number of alkyl halides is 3. The van der Waals surface area contributed by atoms with Crippen LogP contribution in [0.25, 0.3) is 0 Å². The van der Waals surface area contributed by atoms with Crippen molar-refractivity contribution in [3.63, 3.8) is 0 Å². The predicted octanol–water partition coefficient (Wildman–Crippen LogP) is 3.16. The highest BCUT2D eigenvalue weighted by molar-refractivity contribution is 5.77. The van der Waals surface area contributed by atoms with E-state index in [0.29, 0.717) is 26.2 Å². The van der Waals surface area contributed by atoms with Gasteiger partial charge < -0.3 is 19.1 Å². The summed E-state index contributed by atoms with van der Waals surface area (Å²) in [7, 11) is 0. The van der Waals surface area contributed by atoms with Gasteiger partial charge in [0.25, 0.3) is 5.91 Å². The summed E-state index contributed by atoms with van der Waals surface area (Å²) in [5.74, 6) is 1.28. The number of carbonyl (C=O) groups excluding carboxylic acids is 1. The molecule has 0 saturated carbocycles. The first-order valence-corrected chi connectivity index (χ1v) is 9.57. The third-order valence-electron chi connectivity index (χ3n) is 5.09. The highest BCUT2D eigenvalue weighted by Crippen LogP contribution is 2.33. The fourth-order valence-electron chi connectivity index (χ4n) is 3.45. The molecule has 0 unspecified atom stereocenters. The van der Waals surface area contributed by atoms with Crippen LogP contribution in [0.15, 0.2) is 42.5 Å². The van der Waals surface area contributed by atoms with Crippen LogP contribution in [0.2, 0.25) is 0 Å². The molecule has 0 spiro atoms. The van der Waals surface area contributed by atoms with E-state index in [9.17, 15) is 18.0 Å². The van der Waals surface area contributed by atoms with Gasteiger partial charge in [0.05, 0.1) is 5.56 Å². The van der Waals surface area contributed by atoms with E-state index in [0.717, 1.165) is 35.7 Å². The van der Waals surface area contributed by atoms with Crippen molar-refractivity contribution in [1.82, 2.24) is 9.80 Å². The van der Waals surface area contributed by atoms with Gasteiger partial charge in [-0.2, -0.15) is 13.2 Å².